The summed E-state index contributed by atoms with van der Waals surface area (Å²) < 4.78 is 0. The predicted molar refractivity (Wildman–Crippen MR) is 67.5 cm³/mol. The van der Waals surface area contributed by atoms with E-state index in [2.05, 4.69) is 6.92 Å². The van der Waals surface area contributed by atoms with Crippen LogP contribution in [0.3, 0.4) is 0 Å². The molecule has 108 valence electrons. The van der Waals surface area contributed by atoms with Crippen LogP contribution in [0.4, 0.5) is 0 Å². The lowest BCUT2D eigenvalue weighted by molar-refractivity contribution is -0.307. The van der Waals surface area contributed by atoms with Crippen molar-refractivity contribution in [2.24, 2.45) is 0 Å². The largest absolute Gasteiger partial charge is 0.550 e. The van der Waals surface area contributed by atoms with Crippen LogP contribution in [-0.4, -0.2) is 11.9 Å². The number of carboxylic acids is 2. The summed E-state index contributed by atoms with van der Waals surface area (Å²) in [6.45, 7) is 4.17. The Morgan fingerprint density at radius 1 is 0.667 bits per heavy atom. The van der Waals surface area contributed by atoms with Crippen LogP contribution < -0.4 is 10.2 Å². The average Bonchev–Trinajstić information content (AvgIpc) is 2.29. The van der Waals surface area contributed by atoms with E-state index in [1.54, 1.807) is 0 Å². The van der Waals surface area contributed by atoms with Crippen molar-refractivity contribution in [3.8, 4) is 0 Å². The first-order valence-corrected chi connectivity index (χ1v) is 6.94. The Hall–Kier alpha value is -1.06. The summed E-state index contributed by atoms with van der Waals surface area (Å²) in [4.78, 5) is 19.7. The lowest BCUT2D eigenvalue weighted by atomic mass is 10.1. The molecule has 0 saturated carbocycles. The maximum Gasteiger partial charge on any atom is 0.0414 e. The normalized spacial score (nSPS) is 9.44. The van der Waals surface area contributed by atoms with Crippen molar-refractivity contribution < 1.29 is 19.8 Å². The van der Waals surface area contributed by atoms with Gasteiger partial charge in [-0.05, 0) is 25.7 Å². The molecule has 0 rings (SSSR count). The number of unbranched alkanes of at least 4 members (excludes halogenated alkanes) is 6. The molecule has 0 aliphatic rings. The molecule has 4 nitrogen and oxygen atoms in total. The molecule has 0 amide bonds. The molecule has 0 aromatic rings. The predicted octanol–water partition coefficient (Wildman–Crippen LogP) is 1.41. The number of carbonyl (C=O) groups excluding carboxylic acids is 2. The molecule has 0 N–H and O–H groups in total. The Balaban J connectivity index is 0. The number of hydrogen-bond acceptors (Lipinski definition) is 4. The summed E-state index contributed by atoms with van der Waals surface area (Å²) >= 11 is 0. The number of carboxylic acid groups (broad SMARTS) is 2. The fourth-order valence-electron chi connectivity index (χ4n) is 1.39. The summed E-state index contributed by atoms with van der Waals surface area (Å²) in [5.74, 6) is -1.85. The van der Waals surface area contributed by atoms with Crippen molar-refractivity contribution >= 4 is 11.9 Å². The van der Waals surface area contributed by atoms with Crippen LogP contribution in [0.2, 0.25) is 0 Å². The van der Waals surface area contributed by atoms with Gasteiger partial charge in [0.15, 0.2) is 0 Å². The quantitative estimate of drug-likeness (QED) is 0.555. The van der Waals surface area contributed by atoms with Gasteiger partial charge in [0.2, 0.25) is 0 Å². The fraction of sp³-hybridized carbons (Fsp3) is 0.857. The van der Waals surface area contributed by atoms with Crippen molar-refractivity contribution in [1.82, 2.24) is 0 Å². The standard InChI is InChI=1S/C8H16O2.C6H12O2/c1-2-3-4-5-6-7-8(9)10;1-2-3-4-5-6(7)8/h2-7H2,1H3,(H,9,10);2-5H2,1H3,(H,7,8)/p-2. The first-order chi connectivity index (χ1) is 8.54. The Labute approximate surface area is 110 Å². The molecular formula is C14H26O4-2. The van der Waals surface area contributed by atoms with E-state index in [4.69, 9.17) is 0 Å². The molecule has 0 bridgehead atoms. The minimum atomic E-state index is -0.932. The van der Waals surface area contributed by atoms with Crippen LogP contribution in [0.15, 0.2) is 0 Å². The number of aliphatic carboxylic acids is 2. The van der Waals surface area contributed by atoms with Gasteiger partial charge in [-0.25, -0.2) is 0 Å². The van der Waals surface area contributed by atoms with Crippen molar-refractivity contribution in [3.05, 3.63) is 0 Å². The van der Waals surface area contributed by atoms with Gasteiger partial charge in [0.1, 0.15) is 0 Å². The van der Waals surface area contributed by atoms with Crippen LogP contribution in [0, 0.1) is 0 Å². The van der Waals surface area contributed by atoms with Crippen LogP contribution in [0.25, 0.3) is 0 Å². The molecule has 0 heterocycles. The van der Waals surface area contributed by atoms with Gasteiger partial charge >= 0.3 is 0 Å². The molecule has 0 fully saturated rings. The number of carbonyl (C=O) groups is 2. The topological polar surface area (TPSA) is 80.3 Å². The van der Waals surface area contributed by atoms with Crippen molar-refractivity contribution in [1.29, 1.82) is 0 Å². The molecule has 0 atom stereocenters. The smallest absolute Gasteiger partial charge is 0.0414 e. The summed E-state index contributed by atoms with van der Waals surface area (Å²) in [6, 6.07) is 0. The van der Waals surface area contributed by atoms with Gasteiger partial charge in [-0.1, -0.05) is 52.4 Å². The molecule has 0 aromatic carbocycles. The molecular weight excluding hydrogens is 232 g/mol. The Morgan fingerprint density at radius 2 is 1.00 bits per heavy atom. The molecule has 18 heavy (non-hydrogen) atoms. The summed E-state index contributed by atoms with van der Waals surface area (Å²) in [5.41, 5.74) is 0. The zero-order valence-electron chi connectivity index (χ0n) is 11.7. The molecule has 0 radical (unpaired) electrons. The second-order valence-corrected chi connectivity index (χ2v) is 4.37. The van der Waals surface area contributed by atoms with Gasteiger partial charge in [0, 0.05) is 11.9 Å². The van der Waals surface area contributed by atoms with E-state index >= 15 is 0 Å². The van der Waals surface area contributed by atoms with Crippen LogP contribution in [0.5, 0.6) is 0 Å². The highest BCUT2D eigenvalue weighted by atomic mass is 16.4. The first-order valence-electron chi connectivity index (χ1n) is 6.94. The van der Waals surface area contributed by atoms with Crippen LogP contribution in [-0.2, 0) is 9.59 Å². The third kappa shape index (κ3) is 24.3. The highest BCUT2D eigenvalue weighted by Gasteiger charge is 1.88. The first kappa shape index (κ1) is 19.3. The maximum absolute atomic E-state index is 9.92. The van der Waals surface area contributed by atoms with Gasteiger partial charge in [-0.2, -0.15) is 0 Å². The van der Waals surface area contributed by atoms with Gasteiger partial charge in [0.25, 0.3) is 0 Å². The van der Waals surface area contributed by atoms with E-state index in [1.165, 1.54) is 12.8 Å². The lowest BCUT2D eigenvalue weighted by Gasteiger charge is -2.00. The average molecular weight is 258 g/mol. The van der Waals surface area contributed by atoms with Crippen molar-refractivity contribution in [3.63, 3.8) is 0 Å². The van der Waals surface area contributed by atoms with Gasteiger partial charge in [-0.15, -0.1) is 0 Å². The van der Waals surface area contributed by atoms with E-state index in [9.17, 15) is 19.8 Å². The SMILES string of the molecule is CCCCCC(=O)[O-].CCCCCCCC(=O)[O-]. The molecule has 0 aliphatic heterocycles. The van der Waals surface area contributed by atoms with E-state index in [-0.39, 0.29) is 12.8 Å². The summed E-state index contributed by atoms with van der Waals surface area (Å²) in [5, 5.41) is 19.7. The molecule has 0 spiro atoms. The minimum absolute atomic E-state index is 0.216. The number of hydrogen-bond donors (Lipinski definition) is 0. The van der Waals surface area contributed by atoms with E-state index in [1.807, 2.05) is 6.92 Å². The Morgan fingerprint density at radius 3 is 1.39 bits per heavy atom. The molecule has 0 aliphatic carbocycles. The van der Waals surface area contributed by atoms with E-state index in [0.29, 0.717) is 0 Å². The highest BCUT2D eigenvalue weighted by Crippen LogP contribution is 2.03. The van der Waals surface area contributed by atoms with Gasteiger partial charge in [0.05, 0.1) is 0 Å². The van der Waals surface area contributed by atoms with Crippen LogP contribution >= 0.6 is 0 Å². The zero-order chi connectivity index (χ0) is 14.2. The Bertz CT molecular complexity index is 202. The maximum atomic E-state index is 9.92. The van der Waals surface area contributed by atoms with Crippen molar-refractivity contribution in [2.75, 3.05) is 0 Å². The monoisotopic (exact) mass is 258 g/mol. The van der Waals surface area contributed by atoms with E-state index in [0.717, 1.165) is 38.5 Å². The third-order valence-electron chi connectivity index (χ3n) is 2.47. The second kappa shape index (κ2) is 15.9. The number of rotatable bonds is 10. The third-order valence-corrected chi connectivity index (χ3v) is 2.47. The fourth-order valence-corrected chi connectivity index (χ4v) is 1.39. The van der Waals surface area contributed by atoms with E-state index < -0.39 is 11.9 Å². The summed E-state index contributed by atoms with van der Waals surface area (Å²) in [6.07, 6.45) is 8.64. The van der Waals surface area contributed by atoms with Crippen LogP contribution in [0.1, 0.15) is 78.1 Å². The molecule has 0 saturated heterocycles. The summed E-state index contributed by atoms with van der Waals surface area (Å²) in [7, 11) is 0. The highest BCUT2D eigenvalue weighted by molar-refractivity contribution is 5.64. The molecule has 4 heteroatoms. The lowest BCUT2D eigenvalue weighted by Crippen LogP contribution is -2.21. The van der Waals surface area contributed by atoms with Gasteiger partial charge in [-0.3, -0.25) is 0 Å². The Kier molecular flexibility index (Phi) is 17.1. The zero-order valence-corrected chi connectivity index (χ0v) is 11.7. The minimum Gasteiger partial charge on any atom is -0.550 e. The second-order valence-electron chi connectivity index (χ2n) is 4.37. The van der Waals surface area contributed by atoms with Crippen molar-refractivity contribution in [2.45, 2.75) is 78.1 Å². The molecule has 0 aromatic heterocycles. The molecule has 0 unspecified atom stereocenters. The van der Waals surface area contributed by atoms with Gasteiger partial charge < -0.3 is 19.8 Å².